The van der Waals surface area contributed by atoms with Crippen LogP contribution in [0.5, 0.6) is 0 Å². The molecule has 0 aliphatic carbocycles. The molecule has 3 aromatic heterocycles. The van der Waals surface area contributed by atoms with Crippen molar-refractivity contribution in [3.05, 3.63) is 156 Å². The molecule has 17 heteroatoms. The first-order valence-corrected chi connectivity index (χ1v) is 39.7. The molecule has 12 nitrogen and oxygen atoms in total. The van der Waals surface area contributed by atoms with Gasteiger partial charge < -0.3 is 14.7 Å². The first-order valence-electron chi connectivity index (χ1n) is 33.4. The van der Waals surface area contributed by atoms with Crippen molar-refractivity contribution in [3.8, 4) is 17.1 Å². The minimum atomic E-state index is -0.277. The van der Waals surface area contributed by atoms with E-state index >= 15 is 13.2 Å². The number of hydrogen-bond donors (Lipinski definition) is 0. The number of hydrogen-bond acceptors (Lipinski definition) is 9. The Morgan fingerprint density at radius 2 is 0.527 bits per heavy atom. The van der Waals surface area contributed by atoms with Crippen LogP contribution in [0, 0.1) is 59.0 Å². The molecule has 6 rings (SSSR count). The number of benzene rings is 3. The second-order valence-corrected chi connectivity index (χ2v) is 23.6. The first kappa shape index (κ1) is 84.0. The van der Waals surface area contributed by atoms with E-state index in [9.17, 15) is 14.4 Å². The number of rotatable bonds is 36. The quantitative estimate of drug-likeness (QED) is 0.0280. The molecule has 0 saturated carbocycles. The third kappa shape index (κ3) is 29.0. The van der Waals surface area contributed by atoms with Gasteiger partial charge >= 0.3 is 0 Å². The third-order valence-corrected chi connectivity index (χ3v) is 15.9. The van der Waals surface area contributed by atoms with Gasteiger partial charge in [-0.25, -0.2) is 28.1 Å². The lowest BCUT2D eigenvalue weighted by Gasteiger charge is -2.26. The van der Waals surface area contributed by atoms with E-state index in [0.29, 0.717) is 68.7 Å². The van der Waals surface area contributed by atoms with Crippen LogP contribution in [0.25, 0.3) is 17.1 Å². The smallest absolute Gasteiger partial charge is 0.258 e. The van der Waals surface area contributed by atoms with Gasteiger partial charge in [0.1, 0.15) is 34.9 Å². The zero-order valence-electron chi connectivity index (χ0n) is 56.3. The van der Waals surface area contributed by atoms with E-state index in [0.717, 1.165) is 77.8 Å². The summed E-state index contributed by atoms with van der Waals surface area (Å²) in [5.41, 5.74) is 4.94. The van der Waals surface area contributed by atoms with Crippen molar-refractivity contribution in [2.75, 3.05) is 54.0 Å². The fourth-order valence-electron chi connectivity index (χ4n) is 11.3. The van der Waals surface area contributed by atoms with Crippen LogP contribution in [0.1, 0.15) is 245 Å². The lowest BCUT2D eigenvalue weighted by atomic mass is 10.1. The van der Waals surface area contributed by atoms with E-state index < -0.39 is 0 Å². The Balaban J connectivity index is 0.000000666. The van der Waals surface area contributed by atoms with Crippen molar-refractivity contribution in [2.45, 2.75) is 252 Å². The molecule has 0 spiro atoms. The number of nitrogens with zero attached hydrogens (tertiary/aromatic N) is 9. The normalized spacial score (nSPS) is 10.6. The number of halogens is 5. The average molecular weight is 1490 g/mol. The first-order chi connectivity index (χ1) is 42.9. The largest absolute Gasteiger partial charge is 0.369 e. The van der Waals surface area contributed by atoms with Crippen LogP contribution in [0.4, 0.5) is 30.2 Å². The fraction of sp³-hybridized carbons (Fsp3) is 0.595. The Hall–Kier alpha value is -5.05. The van der Waals surface area contributed by atoms with Gasteiger partial charge in [0.25, 0.3) is 16.7 Å². The van der Waals surface area contributed by atoms with Crippen molar-refractivity contribution in [2.24, 2.45) is 0 Å². The molecule has 0 bridgehead atoms. The third-order valence-electron chi connectivity index (χ3n) is 15.9. The lowest BCUT2D eigenvalue weighted by Crippen LogP contribution is -2.27. The molecule has 3 aromatic carbocycles. The summed E-state index contributed by atoms with van der Waals surface area (Å²) in [4.78, 5) is 56.7. The standard InChI is InChI=1S/3C24H36FN3O.2CH4.I2/c3*1-5-7-9-11-15-27(16-12-10-8-6-2)23-14-13-21(18-22(23)25)28-20(4)26-19(3)17-24(28)29;;;1-2/h3*13-14,17-18H,5-12,15-16H2,1-4H3;2*1H4;. The van der Waals surface area contributed by atoms with E-state index in [4.69, 9.17) is 0 Å². The highest BCUT2D eigenvalue weighted by atomic mass is 128. The highest BCUT2D eigenvalue weighted by Gasteiger charge is 2.18. The van der Waals surface area contributed by atoms with E-state index in [1.807, 2.05) is 36.4 Å². The molecule has 510 valence electrons. The van der Waals surface area contributed by atoms with Gasteiger partial charge in [-0.15, -0.1) is 0 Å². The predicted octanol–water partition coefficient (Wildman–Crippen LogP) is 20.9. The van der Waals surface area contributed by atoms with Crippen molar-refractivity contribution in [1.29, 1.82) is 0 Å². The second-order valence-electron chi connectivity index (χ2n) is 23.6. The number of unbranched alkanes of at least 4 members (excludes halogenated alkanes) is 18. The molecule has 91 heavy (non-hydrogen) atoms. The van der Waals surface area contributed by atoms with Gasteiger partial charge in [-0.05, 0) is 116 Å². The van der Waals surface area contributed by atoms with Gasteiger partial charge in [-0.2, -0.15) is 0 Å². The van der Waals surface area contributed by atoms with Crippen molar-refractivity contribution >= 4 is 54.3 Å². The molecular weight excluding hydrogens is 1370 g/mol. The summed E-state index contributed by atoms with van der Waals surface area (Å²) >= 11 is 4.24. The van der Waals surface area contributed by atoms with Crippen LogP contribution in [0.3, 0.4) is 0 Å². The molecule has 0 fully saturated rings. The Kier molecular flexibility index (Phi) is 44.1. The zero-order chi connectivity index (χ0) is 65.7. The summed E-state index contributed by atoms with van der Waals surface area (Å²) in [6.07, 6.45) is 27.9. The minimum Gasteiger partial charge on any atom is -0.369 e. The SMILES string of the molecule is C.C.CCCCCCN(CCCCCC)c1ccc(-n2c(C)nc(C)cc2=O)cc1F.CCCCCCN(CCCCCC)c1ccc(-n2c(C)nc(C)cc2=O)cc1F.CCCCCCN(CCCCCC)c1ccc(-n2c(C)nc(C)cc2=O)cc1F.II. The summed E-state index contributed by atoms with van der Waals surface area (Å²) in [5.74, 6) is 0.871. The van der Waals surface area contributed by atoms with Gasteiger partial charge in [0.2, 0.25) is 0 Å². The predicted molar refractivity (Wildman–Crippen MR) is 401 cm³/mol. The monoisotopic (exact) mass is 1490 g/mol. The Morgan fingerprint density at radius 3 is 0.692 bits per heavy atom. The summed E-state index contributed by atoms with van der Waals surface area (Å²) in [6.45, 7) is 29.1. The maximum atomic E-state index is 15.1. The van der Waals surface area contributed by atoms with Gasteiger partial charge in [0.05, 0.1) is 34.1 Å². The fourth-order valence-corrected chi connectivity index (χ4v) is 11.3. The van der Waals surface area contributed by atoms with Gasteiger partial charge in [-0.1, -0.05) is 172 Å². The lowest BCUT2D eigenvalue weighted by molar-refractivity contribution is 0.582. The van der Waals surface area contributed by atoms with E-state index in [-0.39, 0.29) is 49.0 Å². The summed E-state index contributed by atoms with van der Waals surface area (Å²) in [6, 6.07) is 19.8. The summed E-state index contributed by atoms with van der Waals surface area (Å²) in [7, 11) is 0. The average Bonchev–Trinajstić information content (AvgIpc) is 2.11. The molecular formula is C74H116F3I2N9O3. The molecule has 0 atom stereocenters. The number of aromatic nitrogens is 6. The molecule has 0 amide bonds. The van der Waals surface area contributed by atoms with Gasteiger partial charge in [0.15, 0.2) is 0 Å². The topological polar surface area (TPSA) is 114 Å². The van der Waals surface area contributed by atoms with Gasteiger partial charge in [0, 0.05) is 130 Å². The van der Waals surface area contributed by atoms with Crippen molar-refractivity contribution in [3.63, 3.8) is 0 Å². The highest BCUT2D eigenvalue weighted by Crippen LogP contribution is 2.28. The molecule has 0 unspecified atom stereocenters. The molecule has 0 aliphatic rings. The second kappa shape index (κ2) is 47.8. The highest BCUT2D eigenvalue weighted by molar-refractivity contribution is 15.0. The maximum absolute atomic E-state index is 15.1. The molecule has 0 aliphatic heterocycles. The van der Waals surface area contributed by atoms with Crippen molar-refractivity contribution < 1.29 is 13.2 Å². The maximum Gasteiger partial charge on any atom is 0.258 e. The minimum absolute atomic E-state index is 0. The van der Waals surface area contributed by atoms with E-state index in [2.05, 4.69) is 108 Å². The van der Waals surface area contributed by atoms with Crippen LogP contribution < -0.4 is 31.4 Å². The van der Waals surface area contributed by atoms with Crippen molar-refractivity contribution in [1.82, 2.24) is 28.7 Å². The Bertz CT molecular complexity index is 2800. The molecule has 0 N–H and O–H groups in total. The Labute approximate surface area is 571 Å². The number of aryl methyl sites for hydroxylation is 6. The Morgan fingerprint density at radius 1 is 0.330 bits per heavy atom. The number of anilines is 3. The molecule has 0 saturated heterocycles. The molecule has 3 heterocycles. The molecule has 6 aromatic rings. The van der Waals surface area contributed by atoms with E-state index in [1.54, 1.807) is 41.5 Å². The summed E-state index contributed by atoms with van der Waals surface area (Å²) in [5, 5.41) is 0. The molecule has 0 radical (unpaired) electrons. The van der Waals surface area contributed by atoms with Crippen LogP contribution in [-0.2, 0) is 0 Å². The van der Waals surface area contributed by atoms with Crippen LogP contribution >= 0.6 is 37.2 Å². The van der Waals surface area contributed by atoms with Gasteiger partial charge in [-0.3, -0.25) is 28.1 Å². The van der Waals surface area contributed by atoms with E-state index in [1.165, 1.54) is 166 Å². The van der Waals surface area contributed by atoms with Crippen LogP contribution in [0.2, 0.25) is 0 Å². The van der Waals surface area contributed by atoms with Crippen LogP contribution in [0.15, 0.2) is 87.2 Å². The van der Waals surface area contributed by atoms with Crippen LogP contribution in [-0.4, -0.2) is 67.9 Å². The summed E-state index contributed by atoms with van der Waals surface area (Å²) < 4.78 is 49.7. The zero-order valence-corrected chi connectivity index (χ0v) is 60.6.